The fourth-order valence-electron chi connectivity index (χ4n) is 13.9. The van der Waals surface area contributed by atoms with Crippen LogP contribution < -0.4 is 0 Å². The first-order valence-electron chi connectivity index (χ1n) is 27.4. The average Bonchev–Trinajstić information content (AvgIpc) is 2.99. The van der Waals surface area contributed by atoms with E-state index in [0.29, 0.717) is 28.2 Å². The van der Waals surface area contributed by atoms with Crippen LogP contribution in [0.4, 0.5) is 18.9 Å². The molecule has 394 valence electrons. The van der Waals surface area contributed by atoms with Gasteiger partial charge in [0.15, 0.2) is 0 Å². The van der Waals surface area contributed by atoms with Crippen molar-refractivity contribution >= 4 is 49.3 Å². The Kier molecular flexibility index (Phi) is 12.4. The lowest BCUT2D eigenvalue weighted by molar-refractivity contribution is -0.137. The molecule has 0 radical (unpaired) electrons. The van der Waals surface area contributed by atoms with Crippen LogP contribution in [0.3, 0.4) is 0 Å². The lowest BCUT2D eigenvalue weighted by atomic mass is 9.91. The van der Waals surface area contributed by atoms with Crippen molar-refractivity contribution in [2.24, 2.45) is 0 Å². The molecule has 2 heterocycles. The van der Waals surface area contributed by atoms with Gasteiger partial charge in [-0.3, -0.25) is 0 Å². The van der Waals surface area contributed by atoms with Gasteiger partial charge < -0.3 is 9.13 Å². The minimum atomic E-state index is -4.67. The van der Waals surface area contributed by atoms with E-state index in [1.807, 2.05) is 6.07 Å². The standard InChI is InChI=1S/C74H62F3N3/c1-40-27-44(5)69(45(6)28-40)52-17-22-64-58(35-52)59-36-53(70-46(7)29-41(2)30-47(70)8)18-23-65(59)79(64)66-26-21-56(74(75,76)77)39-62(66)57-15-14-16-63(78-13)73(57)80-67-24-19-54(71-48(9)31-42(3)32-49(71)10)37-60(67)61-38-55(20-25-68(61)80)72-50(11)33-43(4)34-51(72)12/h14-39H,1-12H3. The van der Waals surface area contributed by atoms with Crippen molar-refractivity contribution in [3.05, 3.63) is 241 Å². The molecule has 0 bridgehead atoms. The van der Waals surface area contributed by atoms with Gasteiger partial charge in [0, 0.05) is 27.1 Å². The van der Waals surface area contributed by atoms with Gasteiger partial charge in [0.1, 0.15) is 0 Å². The quantitative estimate of drug-likeness (QED) is 0.141. The van der Waals surface area contributed by atoms with E-state index in [9.17, 15) is 0 Å². The summed E-state index contributed by atoms with van der Waals surface area (Å²) in [4.78, 5) is 4.20. The first kappa shape index (κ1) is 51.8. The molecular formula is C74H62F3N3. The Morgan fingerprint density at radius 1 is 0.350 bits per heavy atom. The van der Waals surface area contributed by atoms with Crippen LogP contribution >= 0.6 is 0 Å². The third-order valence-electron chi connectivity index (χ3n) is 16.6. The van der Waals surface area contributed by atoms with Gasteiger partial charge in [0.25, 0.3) is 0 Å². The minimum absolute atomic E-state index is 0.317. The molecular weight excluding hydrogens is 988 g/mol. The van der Waals surface area contributed by atoms with Crippen LogP contribution in [0.25, 0.3) is 115 Å². The molecule has 2 aromatic heterocycles. The number of hydrogen-bond donors (Lipinski definition) is 0. The zero-order valence-corrected chi connectivity index (χ0v) is 47.5. The smallest absolute Gasteiger partial charge is 0.318 e. The number of aryl methyl sites for hydroxylation is 12. The van der Waals surface area contributed by atoms with Crippen molar-refractivity contribution in [3.63, 3.8) is 0 Å². The Hall–Kier alpha value is -8.92. The van der Waals surface area contributed by atoms with Gasteiger partial charge in [0.2, 0.25) is 5.69 Å². The second kappa shape index (κ2) is 19.2. The molecule has 0 spiro atoms. The fourth-order valence-corrected chi connectivity index (χ4v) is 13.9. The summed E-state index contributed by atoms with van der Waals surface area (Å²) >= 11 is 0. The number of benzene rings is 10. The van der Waals surface area contributed by atoms with E-state index < -0.39 is 11.7 Å². The van der Waals surface area contributed by atoms with Crippen molar-refractivity contribution in [2.75, 3.05) is 0 Å². The maximum Gasteiger partial charge on any atom is 0.416 e. The molecule has 10 aromatic carbocycles. The molecule has 6 heteroatoms. The van der Waals surface area contributed by atoms with E-state index in [1.54, 1.807) is 18.2 Å². The number of alkyl halides is 3. The van der Waals surface area contributed by atoms with Gasteiger partial charge in [-0.1, -0.05) is 113 Å². The maximum atomic E-state index is 15.4. The lowest BCUT2D eigenvalue weighted by Crippen LogP contribution is -2.08. The molecule has 0 saturated carbocycles. The van der Waals surface area contributed by atoms with Crippen molar-refractivity contribution in [1.29, 1.82) is 0 Å². The molecule has 0 aliphatic heterocycles. The maximum absolute atomic E-state index is 15.4. The zero-order chi connectivity index (χ0) is 56.4. The van der Waals surface area contributed by atoms with Crippen LogP contribution in [0.15, 0.2) is 158 Å². The Balaban J connectivity index is 1.18. The fraction of sp³-hybridized carbons (Fsp3) is 0.176. The number of para-hydroxylation sites is 1. The Morgan fingerprint density at radius 3 is 0.988 bits per heavy atom. The third-order valence-corrected chi connectivity index (χ3v) is 16.6. The largest absolute Gasteiger partial charge is 0.416 e. The number of nitrogens with zero attached hydrogens (tertiary/aromatic N) is 3. The Morgan fingerprint density at radius 2 is 0.675 bits per heavy atom. The number of rotatable bonds is 7. The first-order chi connectivity index (χ1) is 38.2. The molecule has 80 heavy (non-hydrogen) atoms. The Labute approximate surface area is 467 Å². The van der Waals surface area contributed by atoms with E-state index in [2.05, 4.69) is 218 Å². The molecule has 0 aliphatic rings. The summed E-state index contributed by atoms with van der Waals surface area (Å²) in [6, 6.07) is 53.4. The summed E-state index contributed by atoms with van der Waals surface area (Å²) in [5.74, 6) is 0. The highest BCUT2D eigenvalue weighted by Gasteiger charge is 2.33. The molecule has 0 amide bonds. The van der Waals surface area contributed by atoms with Gasteiger partial charge in [-0.05, 0) is 244 Å². The van der Waals surface area contributed by atoms with E-state index in [-0.39, 0.29) is 0 Å². The molecule has 0 N–H and O–H groups in total. The van der Waals surface area contributed by atoms with E-state index in [4.69, 9.17) is 6.57 Å². The Bertz CT molecular complexity index is 4340. The molecule has 0 atom stereocenters. The minimum Gasteiger partial charge on any atom is -0.318 e. The van der Waals surface area contributed by atoms with Crippen LogP contribution in [0.2, 0.25) is 0 Å². The predicted octanol–water partition coefficient (Wildman–Crippen LogP) is 21.5. The monoisotopic (exact) mass is 1050 g/mol. The van der Waals surface area contributed by atoms with Gasteiger partial charge >= 0.3 is 6.18 Å². The molecule has 3 nitrogen and oxygen atoms in total. The van der Waals surface area contributed by atoms with Crippen molar-refractivity contribution in [3.8, 4) is 67.0 Å². The summed E-state index contributed by atoms with van der Waals surface area (Å²) in [6.07, 6.45) is -4.67. The highest BCUT2D eigenvalue weighted by Crippen LogP contribution is 2.48. The first-order valence-corrected chi connectivity index (χ1v) is 27.4. The van der Waals surface area contributed by atoms with Crippen LogP contribution in [0, 0.1) is 89.7 Å². The zero-order valence-electron chi connectivity index (χ0n) is 47.5. The number of halogens is 3. The van der Waals surface area contributed by atoms with Gasteiger partial charge in [-0.25, -0.2) is 4.85 Å². The van der Waals surface area contributed by atoms with Gasteiger partial charge in [0.05, 0.1) is 45.6 Å². The molecule has 12 aromatic rings. The SMILES string of the molecule is [C-]#[N+]c1cccc(-c2cc(C(F)(F)F)ccc2-n2c3ccc(-c4c(C)cc(C)cc4C)cc3c3cc(-c4c(C)cc(C)cc4C)ccc32)c1-n1c2ccc(-c3c(C)cc(C)cc3C)cc2c2cc(-c3c(C)cc(C)cc3C)ccc21. The lowest BCUT2D eigenvalue weighted by Gasteiger charge is -2.21. The van der Waals surface area contributed by atoms with Crippen molar-refractivity contribution in [2.45, 2.75) is 89.3 Å². The average molecular weight is 1050 g/mol. The summed E-state index contributed by atoms with van der Waals surface area (Å²) in [5.41, 5.74) is 27.9. The number of hydrogen-bond acceptors (Lipinski definition) is 0. The molecule has 0 aliphatic carbocycles. The molecule has 12 rings (SSSR count). The van der Waals surface area contributed by atoms with E-state index in [0.717, 1.165) is 88.1 Å². The molecule has 0 unspecified atom stereocenters. The molecule has 0 fully saturated rings. The summed E-state index contributed by atoms with van der Waals surface area (Å²) in [7, 11) is 0. The van der Waals surface area contributed by atoms with Crippen molar-refractivity contribution < 1.29 is 13.2 Å². The van der Waals surface area contributed by atoms with E-state index >= 15 is 13.2 Å². The molecule has 0 saturated heterocycles. The van der Waals surface area contributed by atoms with Crippen LogP contribution in [0.5, 0.6) is 0 Å². The summed E-state index contributed by atoms with van der Waals surface area (Å²) < 4.78 is 50.6. The number of fused-ring (bicyclic) bond motifs is 6. The van der Waals surface area contributed by atoms with Crippen molar-refractivity contribution in [1.82, 2.24) is 9.13 Å². The highest BCUT2D eigenvalue weighted by molar-refractivity contribution is 6.15. The second-order valence-electron chi connectivity index (χ2n) is 22.7. The van der Waals surface area contributed by atoms with Gasteiger partial charge in [-0.2, -0.15) is 13.2 Å². The number of aromatic nitrogens is 2. The summed E-state index contributed by atoms with van der Waals surface area (Å²) in [5, 5.41) is 3.91. The van der Waals surface area contributed by atoms with Crippen LogP contribution in [-0.2, 0) is 6.18 Å². The summed E-state index contributed by atoms with van der Waals surface area (Å²) in [6.45, 7) is 34.5. The second-order valence-corrected chi connectivity index (χ2v) is 22.7. The normalized spacial score (nSPS) is 11.9. The topological polar surface area (TPSA) is 14.2 Å². The third kappa shape index (κ3) is 8.50. The van der Waals surface area contributed by atoms with Crippen LogP contribution in [-0.4, -0.2) is 9.13 Å². The predicted molar refractivity (Wildman–Crippen MR) is 330 cm³/mol. The van der Waals surface area contributed by atoms with E-state index in [1.165, 1.54) is 78.9 Å². The highest BCUT2D eigenvalue weighted by atomic mass is 19.4. The van der Waals surface area contributed by atoms with Crippen LogP contribution in [0.1, 0.15) is 72.3 Å². The van der Waals surface area contributed by atoms with Gasteiger partial charge in [-0.15, -0.1) is 0 Å².